The van der Waals surface area contributed by atoms with Crippen LogP contribution in [0.3, 0.4) is 0 Å². The second kappa shape index (κ2) is 9.38. The van der Waals surface area contributed by atoms with Gasteiger partial charge in [-0.3, -0.25) is 14.4 Å². The Balaban J connectivity index is 1.30. The number of esters is 1. The van der Waals surface area contributed by atoms with Crippen LogP contribution >= 0.6 is 0 Å². The number of rotatable bonds is 6. The molecule has 0 aliphatic carbocycles. The van der Waals surface area contributed by atoms with Gasteiger partial charge in [-0.2, -0.15) is 10.2 Å². The topological polar surface area (TPSA) is 118 Å². The molecule has 1 aliphatic heterocycles. The summed E-state index contributed by atoms with van der Waals surface area (Å²) in [4.78, 5) is 37.5. The van der Waals surface area contributed by atoms with Gasteiger partial charge in [0.2, 0.25) is 0 Å². The smallest absolute Gasteiger partial charge is 0.312 e. The van der Waals surface area contributed by atoms with Gasteiger partial charge >= 0.3 is 5.97 Å². The summed E-state index contributed by atoms with van der Waals surface area (Å²) in [7, 11) is 0. The van der Waals surface area contributed by atoms with E-state index in [1.807, 2.05) is 31.2 Å². The molecule has 0 saturated heterocycles. The van der Waals surface area contributed by atoms with Gasteiger partial charge in [0.15, 0.2) is 6.61 Å². The number of fused-ring (bicyclic) bond motifs is 1. The highest BCUT2D eigenvalue weighted by Crippen LogP contribution is 2.33. The van der Waals surface area contributed by atoms with Crippen LogP contribution in [0.1, 0.15) is 35.0 Å². The Bertz CT molecular complexity index is 1470. The number of aromatic amines is 1. The molecule has 1 N–H and O–H groups in total. The quantitative estimate of drug-likeness (QED) is 0.432. The van der Waals surface area contributed by atoms with Gasteiger partial charge in [-0.25, -0.2) is 10.1 Å². The number of furan rings is 1. The number of nitrogens with zero attached hydrogens (tertiary/aromatic N) is 3. The largest absolute Gasteiger partial charge is 0.467 e. The monoisotopic (exact) mass is 470 g/mol. The number of hydrazone groups is 1. The molecular weight excluding hydrogens is 448 g/mol. The molecule has 1 atom stereocenters. The molecule has 0 spiro atoms. The number of nitrogens with one attached hydrogen (secondary N) is 1. The van der Waals surface area contributed by atoms with E-state index in [0.717, 1.165) is 16.8 Å². The van der Waals surface area contributed by atoms with Crippen LogP contribution in [0.5, 0.6) is 0 Å². The minimum Gasteiger partial charge on any atom is -0.467 e. The summed E-state index contributed by atoms with van der Waals surface area (Å²) in [6.07, 6.45) is 1.83. The maximum absolute atomic E-state index is 13.0. The standard InChI is InChI=1S/C26H22N4O5/c1-16-8-10-17(11-9-16)20-13-22(23-7-4-12-34-23)30(29-20)24(31)15-35-25(32)14-21-18-5-2-3-6-19(18)26(33)28-27-21/h2-12,22H,13-15H2,1H3,(H,28,33). The van der Waals surface area contributed by atoms with E-state index in [1.165, 1.54) is 5.01 Å². The van der Waals surface area contributed by atoms with Crippen molar-refractivity contribution in [2.24, 2.45) is 5.10 Å². The Labute approximate surface area is 200 Å². The van der Waals surface area contributed by atoms with Crippen molar-refractivity contribution in [1.29, 1.82) is 0 Å². The van der Waals surface area contributed by atoms with Crippen LogP contribution < -0.4 is 5.56 Å². The normalized spacial score (nSPS) is 15.3. The molecular formula is C26H22N4O5. The molecule has 2 aromatic heterocycles. The molecule has 176 valence electrons. The van der Waals surface area contributed by atoms with Crippen molar-refractivity contribution < 1.29 is 18.7 Å². The van der Waals surface area contributed by atoms with Crippen LogP contribution in [0.25, 0.3) is 10.8 Å². The second-order valence-corrected chi connectivity index (χ2v) is 8.27. The summed E-state index contributed by atoms with van der Waals surface area (Å²) < 4.78 is 10.8. The lowest BCUT2D eigenvalue weighted by atomic mass is 10.0. The molecule has 0 saturated carbocycles. The van der Waals surface area contributed by atoms with Crippen LogP contribution in [-0.2, 0) is 20.7 Å². The van der Waals surface area contributed by atoms with Crippen molar-refractivity contribution in [2.45, 2.75) is 25.8 Å². The molecule has 3 heterocycles. The minimum absolute atomic E-state index is 0.190. The lowest BCUT2D eigenvalue weighted by molar-refractivity contribution is -0.152. The van der Waals surface area contributed by atoms with Gasteiger partial charge in [0.25, 0.3) is 11.5 Å². The first-order chi connectivity index (χ1) is 17.0. The molecule has 5 rings (SSSR count). The van der Waals surface area contributed by atoms with E-state index in [0.29, 0.717) is 28.6 Å². The number of benzene rings is 2. The second-order valence-electron chi connectivity index (χ2n) is 8.27. The molecule has 35 heavy (non-hydrogen) atoms. The number of carbonyl (C=O) groups excluding carboxylic acids is 2. The summed E-state index contributed by atoms with van der Waals surface area (Å²) in [6.45, 7) is 1.52. The Kier molecular flexibility index (Phi) is 5.97. The number of hydrogen-bond donors (Lipinski definition) is 1. The third-order valence-corrected chi connectivity index (χ3v) is 5.87. The number of ether oxygens (including phenoxy) is 1. The summed E-state index contributed by atoms with van der Waals surface area (Å²) in [6, 6.07) is 17.9. The van der Waals surface area contributed by atoms with Gasteiger partial charge < -0.3 is 9.15 Å². The predicted octanol–water partition coefficient (Wildman–Crippen LogP) is 3.29. The van der Waals surface area contributed by atoms with Gasteiger partial charge in [-0.15, -0.1) is 0 Å². The van der Waals surface area contributed by atoms with E-state index in [4.69, 9.17) is 9.15 Å². The average molecular weight is 470 g/mol. The van der Waals surface area contributed by atoms with Gasteiger partial charge in [-0.1, -0.05) is 48.0 Å². The molecule has 1 aliphatic rings. The first kappa shape index (κ1) is 22.3. The number of H-pyrrole nitrogens is 1. The number of aromatic nitrogens is 2. The maximum Gasteiger partial charge on any atom is 0.312 e. The molecule has 0 radical (unpaired) electrons. The zero-order valence-electron chi connectivity index (χ0n) is 18.9. The van der Waals surface area contributed by atoms with Crippen LogP contribution in [0.2, 0.25) is 0 Å². The van der Waals surface area contributed by atoms with E-state index in [1.54, 1.807) is 42.7 Å². The zero-order valence-corrected chi connectivity index (χ0v) is 18.9. The fraction of sp³-hybridized carbons (Fsp3) is 0.192. The van der Waals surface area contributed by atoms with Gasteiger partial charge in [0.05, 0.1) is 29.5 Å². The van der Waals surface area contributed by atoms with Crippen molar-refractivity contribution in [3.05, 3.63) is 99.9 Å². The number of carbonyl (C=O) groups is 2. The van der Waals surface area contributed by atoms with Gasteiger partial charge in [0, 0.05) is 11.8 Å². The number of aryl methyl sites for hydroxylation is 1. The summed E-state index contributed by atoms with van der Waals surface area (Å²) in [5.41, 5.74) is 2.81. The lowest BCUT2D eigenvalue weighted by Crippen LogP contribution is -2.31. The average Bonchev–Trinajstić information content (AvgIpc) is 3.55. The predicted molar refractivity (Wildman–Crippen MR) is 128 cm³/mol. The van der Waals surface area contributed by atoms with Crippen LogP contribution in [0.4, 0.5) is 0 Å². The summed E-state index contributed by atoms with van der Waals surface area (Å²) in [5.74, 6) is -0.514. The Morgan fingerprint density at radius 1 is 1.09 bits per heavy atom. The summed E-state index contributed by atoms with van der Waals surface area (Å²) >= 11 is 0. The van der Waals surface area contributed by atoms with Crippen molar-refractivity contribution in [1.82, 2.24) is 15.2 Å². The van der Waals surface area contributed by atoms with Crippen molar-refractivity contribution >= 4 is 28.4 Å². The van der Waals surface area contributed by atoms with Crippen molar-refractivity contribution in [3.8, 4) is 0 Å². The van der Waals surface area contributed by atoms with E-state index < -0.39 is 24.5 Å². The molecule has 0 fully saturated rings. The van der Waals surface area contributed by atoms with E-state index in [-0.39, 0.29) is 12.0 Å². The minimum atomic E-state index is -0.639. The van der Waals surface area contributed by atoms with Crippen LogP contribution in [0, 0.1) is 6.92 Å². The van der Waals surface area contributed by atoms with E-state index >= 15 is 0 Å². The highest BCUT2D eigenvalue weighted by Gasteiger charge is 2.35. The van der Waals surface area contributed by atoms with Gasteiger partial charge in [0.1, 0.15) is 11.8 Å². The Morgan fingerprint density at radius 3 is 2.60 bits per heavy atom. The fourth-order valence-corrected chi connectivity index (χ4v) is 4.07. The first-order valence-electron chi connectivity index (χ1n) is 11.1. The molecule has 9 nitrogen and oxygen atoms in total. The third kappa shape index (κ3) is 4.61. The zero-order chi connectivity index (χ0) is 24.4. The molecule has 4 aromatic rings. The number of hydrogen-bond acceptors (Lipinski definition) is 7. The highest BCUT2D eigenvalue weighted by molar-refractivity contribution is 6.03. The third-order valence-electron chi connectivity index (χ3n) is 5.87. The molecule has 2 aromatic carbocycles. The summed E-state index contributed by atoms with van der Waals surface area (Å²) in [5, 5.41) is 13.2. The maximum atomic E-state index is 13.0. The van der Waals surface area contributed by atoms with Gasteiger partial charge in [-0.05, 0) is 30.7 Å². The Morgan fingerprint density at radius 2 is 1.86 bits per heavy atom. The van der Waals surface area contributed by atoms with Crippen molar-refractivity contribution in [2.75, 3.05) is 6.61 Å². The molecule has 0 bridgehead atoms. The highest BCUT2D eigenvalue weighted by atomic mass is 16.5. The SMILES string of the molecule is Cc1ccc(C2=NN(C(=O)COC(=O)Cc3n[nH]c(=O)c4ccccc34)C(c3ccco3)C2)cc1. The van der Waals surface area contributed by atoms with Crippen LogP contribution in [0.15, 0.2) is 81.2 Å². The fourth-order valence-electron chi connectivity index (χ4n) is 4.07. The van der Waals surface area contributed by atoms with Crippen molar-refractivity contribution in [3.63, 3.8) is 0 Å². The molecule has 1 unspecified atom stereocenters. The van der Waals surface area contributed by atoms with Crippen LogP contribution in [-0.4, -0.2) is 39.4 Å². The number of amides is 1. The molecule has 1 amide bonds. The lowest BCUT2D eigenvalue weighted by Gasteiger charge is -2.19. The van der Waals surface area contributed by atoms with E-state index in [9.17, 15) is 14.4 Å². The molecule has 9 heteroatoms. The first-order valence-corrected chi connectivity index (χ1v) is 11.1. The van der Waals surface area contributed by atoms with E-state index in [2.05, 4.69) is 15.3 Å². The Hall–Kier alpha value is -4.53.